The molecule has 0 radical (unpaired) electrons. The van der Waals surface area contributed by atoms with Crippen molar-refractivity contribution in [3.63, 3.8) is 0 Å². The number of methoxy groups -OCH3 is 1. The van der Waals surface area contributed by atoms with Crippen molar-refractivity contribution in [1.82, 2.24) is 9.80 Å². The van der Waals surface area contributed by atoms with Crippen LogP contribution < -0.4 is 20.5 Å². The van der Waals surface area contributed by atoms with E-state index in [1.54, 1.807) is 6.92 Å². The van der Waals surface area contributed by atoms with E-state index in [-0.39, 0.29) is 34.7 Å². The molecule has 4 rings (SSSR count). The van der Waals surface area contributed by atoms with Gasteiger partial charge in [0, 0.05) is 32.7 Å². The molecule has 3 heterocycles. The Labute approximate surface area is 195 Å². The number of benzene rings is 1. The molecule has 1 aromatic carbocycles. The van der Waals surface area contributed by atoms with E-state index in [0.717, 1.165) is 61.1 Å². The number of nitrogens with one attached hydrogen (secondary N) is 1. The highest BCUT2D eigenvalue weighted by Gasteiger charge is 2.26. The molecule has 1 aromatic heterocycles. The van der Waals surface area contributed by atoms with E-state index in [4.69, 9.17) is 19.9 Å². The first-order valence-corrected chi connectivity index (χ1v) is 11.3. The van der Waals surface area contributed by atoms with Crippen molar-refractivity contribution in [1.29, 1.82) is 0 Å². The van der Waals surface area contributed by atoms with Gasteiger partial charge in [0.1, 0.15) is 5.00 Å². The highest BCUT2D eigenvalue weighted by atomic mass is 32.1. The van der Waals surface area contributed by atoms with Crippen LogP contribution in [-0.2, 0) is 16.1 Å². The summed E-state index contributed by atoms with van der Waals surface area (Å²) in [4.78, 5) is 41.1. The first-order chi connectivity index (χ1) is 15.9. The van der Waals surface area contributed by atoms with Gasteiger partial charge in [0.05, 0.1) is 24.1 Å². The fraction of sp³-hybridized carbons (Fsp3) is 0.409. The summed E-state index contributed by atoms with van der Waals surface area (Å²) in [5.41, 5.74) is 7.12. The van der Waals surface area contributed by atoms with Gasteiger partial charge in [-0.05, 0) is 30.2 Å². The van der Waals surface area contributed by atoms with Crippen molar-refractivity contribution in [2.45, 2.75) is 13.5 Å². The van der Waals surface area contributed by atoms with Gasteiger partial charge in [-0.25, -0.2) is 4.79 Å². The summed E-state index contributed by atoms with van der Waals surface area (Å²) >= 11 is 0.985. The molecule has 1 fully saturated rings. The van der Waals surface area contributed by atoms with Crippen molar-refractivity contribution >= 4 is 34.1 Å². The van der Waals surface area contributed by atoms with Gasteiger partial charge >= 0.3 is 5.97 Å². The van der Waals surface area contributed by atoms with E-state index in [1.807, 2.05) is 18.2 Å². The molecule has 0 atom stereocenters. The highest BCUT2D eigenvalue weighted by Crippen LogP contribution is 2.34. The largest absolute Gasteiger partial charge is 0.465 e. The third kappa shape index (κ3) is 5.10. The van der Waals surface area contributed by atoms with Crippen molar-refractivity contribution < 1.29 is 28.6 Å². The molecule has 33 heavy (non-hydrogen) atoms. The Hall–Kier alpha value is -3.15. The molecule has 10 nitrogen and oxygen atoms in total. The Morgan fingerprint density at radius 2 is 1.82 bits per heavy atom. The number of anilines is 1. The number of ether oxygens (including phenoxy) is 3. The highest BCUT2D eigenvalue weighted by molar-refractivity contribution is 7.18. The third-order valence-corrected chi connectivity index (χ3v) is 6.91. The van der Waals surface area contributed by atoms with E-state index in [9.17, 15) is 14.4 Å². The van der Waals surface area contributed by atoms with E-state index in [0.29, 0.717) is 5.56 Å². The van der Waals surface area contributed by atoms with E-state index < -0.39 is 11.9 Å². The number of hydrogen-bond donors (Lipinski definition) is 2. The van der Waals surface area contributed by atoms with Crippen LogP contribution >= 0.6 is 11.3 Å². The summed E-state index contributed by atoms with van der Waals surface area (Å²) in [5, 5.41) is 3.03. The number of esters is 1. The van der Waals surface area contributed by atoms with Crippen LogP contribution in [0.4, 0.5) is 5.00 Å². The summed E-state index contributed by atoms with van der Waals surface area (Å²) in [5.74, 6) is 0.0123. The predicted octanol–water partition coefficient (Wildman–Crippen LogP) is 1.43. The molecule has 2 aliphatic heterocycles. The molecule has 2 aliphatic rings. The Balaban J connectivity index is 1.31. The molecular formula is C22H26N4O6S. The molecule has 2 aromatic rings. The van der Waals surface area contributed by atoms with Crippen LogP contribution in [0, 0.1) is 6.92 Å². The van der Waals surface area contributed by atoms with Gasteiger partial charge in [-0.15, -0.1) is 11.3 Å². The Morgan fingerprint density at radius 3 is 2.52 bits per heavy atom. The minimum absolute atomic E-state index is 0.165. The van der Waals surface area contributed by atoms with E-state index in [1.165, 1.54) is 7.11 Å². The number of fused-ring (bicyclic) bond motifs is 1. The maximum Gasteiger partial charge on any atom is 0.341 e. The number of nitrogens with two attached hydrogens (primary N) is 1. The number of primary amides is 1. The van der Waals surface area contributed by atoms with Gasteiger partial charge in [0.15, 0.2) is 11.5 Å². The zero-order valence-corrected chi connectivity index (χ0v) is 19.3. The lowest BCUT2D eigenvalue weighted by Gasteiger charge is -2.34. The van der Waals surface area contributed by atoms with Crippen LogP contribution in [0.25, 0.3) is 0 Å². The number of carbonyl (C=O) groups excluding carboxylic acids is 3. The molecule has 3 N–H and O–H groups in total. The predicted molar refractivity (Wildman–Crippen MR) is 122 cm³/mol. The lowest BCUT2D eigenvalue weighted by molar-refractivity contribution is -0.117. The topological polar surface area (TPSA) is 123 Å². The quantitative estimate of drug-likeness (QED) is 0.578. The van der Waals surface area contributed by atoms with Crippen LogP contribution in [0.2, 0.25) is 0 Å². The average molecular weight is 475 g/mol. The number of nitrogens with zero attached hydrogens (tertiary/aromatic N) is 2. The number of rotatable bonds is 7. The number of thiophene rings is 1. The van der Waals surface area contributed by atoms with Gasteiger partial charge in [-0.1, -0.05) is 6.07 Å². The van der Waals surface area contributed by atoms with Crippen molar-refractivity contribution in [2.24, 2.45) is 5.73 Å². The zero-order valence-electron chi connectivity index (χ0n) is 18.5. The molecule has 176 valence electrons. The smallest absolute Gasteiger partial charge is 0.341 e. The fourth-order valence-electron chi connectivity index (χ4n) is 3.96. The SMILES string of the molecule is COC(=O)c1c(NC(=O)CN2CCN(Cc3ccc4c(c3)OCO4)CC2)sc(C(N)=O)c1C. The van der Waals surface area contributed by atoms with Crippen molar-refractivity contribution in [3.8, 4) is 11.5 Å². The second-order valence-corrected chi connectivity index (χ2v) is 8.92. The molecule has 0 aliphatic carbocycles. The van der Waals surface area contributed by atoms with Gasteiger partial charge in [0.2, 0.25) is 12.7 Å². The van der Waals surface area contributed by atoms with Gasteiger partial charge < -0.3 is 25.3 Å². The summed E-state index contributed by atoms with van der Waals surface area (Å²) in [6.45, 7) is 5.95. The van der Waals surface area contributed by atoms with Gasteiger partial charge in [0.25, 0.3) is 5.91 Å². The van der Waals surface area contributed by atoms with Crippen molar-refractivity contribution in [2.75, 3.05) is 51.9 Å². The van der Waals surface area contributed by atoms with Gasteiger partial charge in [-0.2, -0.15) is 0 Å². The van der Waals surface area contributed by atoms with Crippen molar-refractivity contribution in [3.05, 3.63) is 39.8 Å². The fourth-order valence-corrected chi connectivity index (χ4v) is 5.02. The number of carbonyl (C=O) groups is 3. The number of hydrogen-bond acceptors (Lipinski definition) is 9. The lowest BCUT2D eigenvalue weighted by atomic mass is 10.1. The van der Waals surface area contributed by atoms with Crippen LogP contribution in [0.15, 0.2) is 18.2 Å². The monoisotopic (exact) mass is 474 g/mol. The Kier molecular flexibility index (Phi) is 6.82. The molecule has 11 heteroatoms. The average Bonchev–Trinajstić information content (AvgIpc) is 3.38. The maximum absolute atomic E-state index is 12.7. The second-order valence-electron chi connectivity index (χ2n) is 7.90. The van der Waals surface area contributed by atoms with Crippen LogP contribution in [-0.4, -0.2) is 74.2 Å². The minimum atomic E-state index is -0.651. The minimum Gasteiger partial charge on any atom is -0.465 e. The lowest BCUT2D eigenvalue weighted by Crippen LogP contribution is -2.48. The molecule has 0 bridgehead atoms. The Morgan fingerprint density at radius 1 is 1.12 bits per heavy atom. The van der Waals surface area contributed by atoms with Crippen LogP contribution in [0.1, 0.15) is 31.2 Å². The normalized spacial score (nSPS) is 15.9. The summed E-state index contributed by atoms with van der Waals surface area (Å²) in [7, 11) is 1.25. The van der Waals surface area contributed by atoms with Crippen LogP contribution in [0.3, 0.4) is 0 Å². The first kappa shape index (κ1) is 23.0. The molecule has 0 spiro atoms. The maximum atomic E-state index is 12.7. The summed E-state index contributed by atoms with van der Waals surface area (Å²) in [6, 6.07) is 5.97. The molecule has 0 saturated carbocycles. The zero-order chi connectivity index (χ0) is 23.5. The van der Waals surface area contributed by atoms with E-state index in [2.05, 4.69) is 15.1 Å². The molecular weight excluding hydrogens is 448 g/mol. The number of amides is 2. The standard InChI is InChI=1S/C22H26N4O6S/c1-13-18(22(29)30-2)21(33-19(13)20(23)28)24-17(27)11-26-7-5-25(6-8-26)10-14-3-4-15-16(9-14)32-12-31-15/h3-4,9H,5-8,10-12H2,1-2H3,(H2,23,28)(H,24,27). The Bertz CT molecular complexity index is 1080. The first-order valence-electron chi connectivity index (χ1n) is 10.5. The van der Waals surface area contributed by atoms with Crippen LogP contribution in [0.5, 0.6) is 11.5 Å². The molecule has 1 saturated heterocycles. The summed E-state index contributed by atoms with van der Waals surface area (Å²) < 4.78 is 15.6. The number of piperazine rings is 1. The van der Waals surface area contributed by atoms with E-state index >= 15 is 0 Å². The third-order valence-electron chi connectivity index (χ3n) is 5.69. The molecule has 2 amide bonds. The second kappa shape index (κ2) is 9.77. The molecule has 0 unspecified atom stereocenters. The summed E-state index contributed by atoms with van der Waals surface area (Å²) in [6.07, 6.45) is 0. The van der Waals surface area contributed by atoms with Gasteiger partial charge in [-0.3, -0.25) is 19.4 Å².